The van der Waals surface area contributed by atoms with Crippen molar-refractivity contribution in [2.45, 2.75) is 38.3 Å². The van der Waals surface area contributed by atoms with Crippen LogP contribution in [0.1, 0.15) is 35.3 Å². The summed E-state index contributed by atoms with van der Waals surface area (Å²) in [6, 6.07) is 7.09. The molecule has 2 atom stereocenters. The highest BCUT2D eigenvalue weighted by Crippen LogP contribution is 2.23. The van der Waals surface area contributed by atoms with Crippen LogP contribution in [0.25, 0.3) is 5.69 Å². The van der Waals surface area contributed by atoms with Crippen molar-refractivity contribution in [2.75, 3.05) is 13.1 Å². The van der Waals surface area contributed by atoms with E-state index < -0.39 is 0 Å². The quantitative estimate of drug-likeness (QED) is 0.920. The summed E-state index contributed by atoms with van der Waals surface area (Å²) < 4.78 is 14.8. The van der Waals surface area contributed by atoms with E-state index in [0.29, 0.717) is 17.6 Å². The molecule has 2 unspecified atom stereocenters. The van der Waals surface area contributed by atoms with Crippen LogP contribution in [0.15, 0.2) is 30.5 Å². The Hall–Kier alpha value is -2.21. The molecule has 2 aliphatic rings. The highest BCUT2D eigenvalue weighted by atomic mass is 19.1. The van der Waals surface area contributed by atoms with Crippen molar-refractivity contribution >= 4 is 5.91 Å². The zero-order valence-electron chi connectivity index (χ0n) is 13.7. The Morgan fingerprint density at radius 1 is 1.21 bits per heavy atom. The first-order valence-corrected chi connectivity index (χ1v) is 8.47. The van der Waals surface area contributed by atoms with Gasteiger partial charge in [0.25, 0.3) is 5.91 Å². The molecular formula is C18H21FN4O. The number of nitrogens with one attached hydrogen (secondary N) is 1. The molecule has 0 saturated carbocycles. The summed E-state index contributed by atoms with van der Waals surface area (Å²) in [5.41, 5.74) is 2.16. The van der Waals surface area contributed by atoms with Crippen molar-refractivity contribution in [3.05, 3.63) is 47.5 Å². The lowest BCUT2D eigenvalue weighted by Crippen LogP contribution is -2.39. The molecule has 1 amide bonds. The topological polar surface area (TPSA) is 50.2 Å². The van der Waals surface area contributed by atoms with Gasteiger partial charge in [0, 0.05) is 25.2 Å². The van der Waals surface area contributed by atoms with E-state index in [1.807, 2.05) is 11.8 Å². The monoisotopic (exact) mass is 328 g/mol. The fraction of sp³-hybridized carbons (Fsp3) is 0.444. The minimum absolute atomic E-state index is 0.0372. The molecule has 6 heteroatoms. The Kier molecular flexibility index (Phi) is 3.84. The number of carbonyl (C=O) groups is 1. The van der Waals surface area contributed by atoms with E-state index in [9.17, 15) is 9.18 Å². The molecule has 2 fully saturated rings. The summed E-state index contributed by atoms with van der Waals surface area (Å²) in [7, 11) is 0. The fourth-order valence-corrected chi connectivity index (χ4v) is 3.76. The molecule has 5 nitrogen and oxygen atoms in total. The number of fused-ring (bicyclic) bond motifs is 2. The highest BCUT2D eigenvalue weighted by Gasteiger charge is 2.32. The third-order valence-electron chi connectivity index (χ3n) is 5.12. The Balaban J connectivity index is 1.58. The van der Waals surface area contributed by atoms with Crippen LogP contribution < -0.4 is 5.32 Å². The summed E-state index contributed by atoms with van der Waals surface area (Å²) in [5, 5.41) is 7.92. The number of hydrogen-bond donors (Lipinski definition) is 1. The Bertz CT molecular complexity index is 755. The van der Waals surface area contributed by atoms with Gasteiger partial charge in [-0.25, -0.2) is 9.07 Å². The van der Waals surface area contributed by atoms with E-state index in [2.05, 4.69) is 10.4 Å². The predicted molar refractivity (Wildman–Crippen MR) is 88.7 cm³/mol. The lowest BCUT2D eigenvalue weighted by atomic mass is 10.1. The smallest absolute Gasteiger partial charge is 0.257 e. The molecule has 2 aromatic rings. The summed E-state index contributed by atoms with van der Waals surface area (Å²) in [6.07, 6.45) is 4.99. The van der Waals surface area contributed by atoms with Gasteiger partial charge in [0.15, 0.2) is 0 Å². The van der Waals surface area contributed by atoms with Crippen LogP contribution >= 0.6 is 0 Å². The Morgan fingerprint density at radius 2 is 1.96 bits per heavy atom. The largest absolute Gasteiger partial charge is 0.337 e. The van der Waals surface area contributed by atoms with Crippen LogP contribution in [0.5, 0.6) is 0 Å². The zero-order chi connectivity index (χ0) is 16.7. The number of benzene rings is 1. The van der Waals surface area contributed by atoms with Crippen molar-refractivity contribution in [1.29, 1.82) is 0 Å². The molecule has 1 N–H and O–H groups in total. The third kappa shape index (κ3) is 2.71. The van der Waals surface area contributed by atoms with Gasteiger partial charge in [-0.1, -0.05) is 0 Å². The maximum Gasteiger partial charge on any atom is 0.257 e. The van der Waals surface area contributed by atoms with Crippen molar-refractivity contribution in [1.82, 2.24) is 20.0 Å². The molecule has 1 aromatic heterocycles. The molecule has 24 heavy (non-hydrogen) atoms. The molecule has 4 rings (SSSR count). The number of hydrogen-bond acceptors (Lipinski definition) is 3. The van der Waals surface area contributed by atoms with Crippen molar-refractivity contribution < 1.29 is 9.18 Å². The lowest BCUT2D eigenvalue weighted by molar-refractivity contribution is 0.0747. The summed E-state index contributed by atoms with van der Waals surface area (Å²) in [4.78, 5) is 14.9. The summed E-state index contributed by atoms with van der Waals surface area (Å²) in [6.45, 7) is 3.43. The van der Waals surface area contributed by atoms with E-state index in [1.54, 1.807) is 23.0 Å². The first-order valence-electron chi connectivity index (χ1n) is 8.47. The van der Waals surface area contributed by atoms with Crippen LogP contribution in [-0.4, -0.2) is 45.8 Å². The first kappa shape index (κ1) is 15.3. The van der Waals surface area contributed by atoms with Gasteiger partial charge in [0.2, 0.25) is 0 Å². The number of amides is 1. The van der Waals surface area contributed by atoms with Crippen LogP contribution in [0.3, 0.4) is 0 Å². The molecule has 0 radical (unpaired) electrons. The molecule has 2 bridgehead atoms. The number of aromatic nitrogens is 2. The van der Waals surface area contributed by atoms with E-state index >= 15 is 0 Å². The third-order valence-corrected chi connectivity index (χ3v) is 5.12. The normalized spacial score (nSPS) is 23.3. The highest BCUT2D eigenvalue weighted by molar-refractivity contribution is 5.95. The van der Waals surface area contributed by atoms with Crippen LogP contribution in [0.4, 0.5) is 4.39 Å². The average molecular weight is 328 g/mol. The summed E-state index contributed by atoms with van der Waals surface area (Å²) in [5.74, 6) is -0.248. The van der Waals surface area contributed by atoms with E-state index in [0.717, 1.165) is 37.3 Å². The van der Waals surface area contributed by atoms with Crippen LogP contribution in [-0.2, 0) is 0 Å². The van der Waals surface area contributed by atoms with Crippen LogP contribution in [0, 0.1) is 12.7 Å². The minimum atomic E-state index is -0.285. The lowest BCUT2D eigenvalue weighted by Gasteiger charge is -2.24. The standard InChI is InChI=1S/C18H21FN4O/c1-12-17(10-20-23(12)16-6-2-13(19)3-7-16)18(24)22-9-8-14-4-5-15(11-22)21-14/h2-3,6-7,10,14-15,21H,4-5,8-9,11H2,1H3. The fourth-order valence-electron chi connectivity index (χ4n) is 3.76. The second-order valence-corrected chi connectivity index (χ2v) is 6.71. The van der Waals surface area contributed by atoms with Gasteiger partial charge in [-0.3, -0.25) is 4.79 Å². The number of halogens is 1. The number of rotatable bonds is 2. The maximum absolute atomic E-state index is 13.1. The van der Waals surface area contributed by atoms with Crippen molar-refractivity contribution in [3.8, 4) is 5.69 Å². The number of carbonyl (C=O) groups excluding carboxylic acids is 1. The molecule has 2 saturated heterocycles. The zero-order valence-corrected chi connectivity index (χ0v) is 13.7. The second kappa shape index (κ2) is 6.02. The van der Waals surface area contributed by atoms with Crippen molar-refractivity contribution in [3.63, 3.8) is 0 Å². The summed E-state index contributed by atoms with van der Waals surface area (Å²) >= 11 is 0. The SMILES string of the molecule is Cc1c(C(=O)N2CCC3CCC(C2)N3)cnn1-c1ccc(F)cc1. The Morgan fingerprint density at radius 3 is 2.75 bits per heavy atom. The number of likely N-dealkylation sites (tertiary alicyclic amines) is 1. The van der Waals surface area contributed by atoms with Gasteiger partial charge >= 0.3 is 0 Å². The van der Waals surface area contributed by atoms with Gasteiger partial charge in [-0.05, 0) is 50.5 Å². The van der Waals surface area contributed by atoms with E-state index in [1.165, 1.54) is 18.6 Å². The molecular weight excluding hydrogens is 307 g/mol. The molecule has 0 aliphatic carbocycles. The van der Waals surface area contributed by atoms with Crippen LogP contribution in [0.2, 0.25) is 0 Å². The van der Waals surface area contributed by atoms with Gasteiger partial charge < -0.3 is 10.2 Å². The molecule has 3 heterocycles. The van der Waals surface area contributed by atoms with Gasteiger partial charge in [0.1, 0.15) is 5.82 Å². The average Bonchev–Trinajstić information content (AvgIpc) is 3.10. The van der Waals surface area contributed by atoms with Gasteiger partial charge in [0.05, 0.1) is 23.1 Å². The molecule has 126 valence electrons. The van der Waals surface area contributed by atoms with Crippen molar-refractivity contribution in [2.24, 2.45) is 0 Å². The molecule has 0 spiro atoms. The van der Waals surface area contributed by atoms with Gasteiger partial charge in [-0.15, -0.1) is 0 Å². The minimum Gasteiger partial charge on any atom is -0.337 e. The Labute approximate surface area is 140 Å². The second-order valence-electron chi connectivity index (χ2n) is 6.71. The predicted octanol–water partition coefficient (Wildman–Crippen LogP) is 2.29. The van der Waals surface area contributed by atoms with E-state index in [4.69, 9.17) is 0 Å². The number of nitrogens with zero attached hydrogens (tertiary/aromatic N) is 3. The maximum atomic E-state index is 13.1. The van der Waals surface area contributed by atoms with E-state index in [-0.39, 0.29) is 11.7 Å². The first-order chi connectivity index (χ1) is 11.6. The van der Waals surface area contributed by atoms with Gasteiger partial charge in [-0.2, -0.15) is 5.10 Å². The molecule has 2 aliphatic heterocycles. The molecule has 1 aromatic carbocycles.